The Hall–Kier alpha value is -2.67. The van der Waals surface area contributed by atoms with Gasteiger partial charge in [-0.1, -0.05) is 0 Å². The zero-order chi connectivity index (χ0) is 21.6. The molecule has 1 fully saturated rings. The topological polar surface area (TPSA) is 104 Å². The van der Waals surface area contributed by atoms with E-state index in [1.807, 2.05) is 0 Å². The Bertz CT molecular complexity index is 1260. The Morgan fingerprint density at radius 1 is 1.30 bits per heavy atom. The number of alkyl halides is 3. The van der Waals surface area contributed by atoms with Crippen molar-refractivity contribution in [2.75, 3.05) is 6.61 Å². The van der Waals surface area contributed by atoms with E-state index in [-0.39, 0.29) is 34.0 Å². The van der Waals surface area contributed by atoms with Crippen molar-refractivity contribution in [3.63, 3.8) is 0 Å². The molecule has 162 valence electrons. The van der Waals surface area contributed by atoms with Gasteiger partial charge in [-0.25, -0.2) is 14.3 Å². The molecule has 0 radical (unpaired) electrons. The highest BCUT2D eigenvalue weighted by atomic mass is 32.1. The van der Waals surface area contributed by atoms with Crippen LogP contribution in [0.15, 0.2) is 20.7 Å². The van der Waals surface area contributed by atoms with Crippen LogP contribution in [0.1, 0.15) is 23.3 Å². The van der Waals surface area contributed by atoms with Gasteiger partial charge in [0.25, 0.3) is 5.56 Å². The number of H-pyrrole nitrogens is 1. The molecule has 9 nitrogen and oxygen atoms in total. The van der Waals surface area contributed by atoms with Crippen molar-refractivity contribution in [3.05, 3.63) is 48.1 Å². The summed E-state index contributed by atoms with van der Waals surface area (Å²) in [5, 5.41) is 3.91. The number of halogens is 3. The Morgan fingerprint density at radius 3 is 2.67 bits per heavy atom. The van der Waals surface area contributed by atoms with Gasteiger partial charge in [0, 0.05) is 11.5 Å². The van der Waals surface area contributed by atoms with Gasteiger partial charge in [0.05, 0.1) is 24.6 Å². The summed E-state index contributed by atoms with van der Waals surface area (Å²) in [5.41, 5.74) is -2.06. The molecule has 1 saturated heterocycles. The minimum atomic E-state index is -4.73. The van der Waals surface area contributed by atoms with Gasteiger partial charge in [0.1, 0.15) is 17.7 Å². The molecule has 1 aliphatic rings. The number of nitrogens with zero attached hydrogens (tertiary/aromatic N) is 4. The van der Waals surface area contributed by atoms with Gasteiger partial charge in [-0.05, 0) is 25.3 Å². The number of nitrogens with one attached hydrogen (secondary N) is 1. The van der Waals surface area contributed by atoms with E-state index in [1.54, 1.807) is 6.92 Å². The van der Waals surface area contributed by atoms with Gasteiger partial charge < -0.3 is 4.74 Å². The molecule has 4 rings (SSSR count). The van der Waals surface area contributed by atoms with Crippen LogP contribution in [0.3, 0.4) is 0 Å². The monoisotopic (exact) mass is 445 g/mol. The molecule has 1 unspecified atom stereocenters. The smallest absolute Gasteiger partial charge is 0.376 e. The number of thiophene rings is 1. The Labute approximate surface area is 170 Å². The number of aromatic amines is 1. The third kappa shape index (κ3) is 3.74. The molecule has 3 aromatic rings. The predicted molar refractivity (Wildman–Crippen MR) is 102 cm³/mol. The normalized spacial score (nSPS) is 17.3. The van der Waals surface area contributed by atoms with Crippen LogP contribution in [-0.2, 0) is 24.4 Å². The van der Waals surface area contributed by atoms with E-state index in [9.17, 15) is 27.6 Å². The molecule has 0 aromatic carbocycles. The fourth-order valence-corrected chi connectivity index (χ4v) is 4.87. The Morgan fingerprint density at radius 2 is 2.07 bits per heavy atom. The third-order valence-electron chi connectivity index (χ3n) is 5.05. The van der Waals surface area contributed by atoms with Gasteiger partial charge in [-0.2, -0.15) is 18.3 Å². The summed E-state index contributed by atoms with van der Waals surface area (Å²) in [4.78, 5) is 40.7. The van der Waals surface area contributed by atoms with E-state index in [0.717, 1.165) is 22.4 Å². The number of rotatable bonds is 5. The zero-order valence-electron chi connectivity index (χ0n) is 15.9. The average molecular weight is 445 g/mol. The molecule has 13 heteroatoms. The van der Waals surface area contributed by atoms with Crippen molar-refractivity contribution in [1.29, 1.82) is 0 Å². The highest BCUT2D eigenvalue weighted by Crippen LogP contribution is 2.29. The molecule has 0 bridgehead atoms. The average Bonchev–Trinajstić information content (AvgIpc) is 3.38. The number of aryl methyl sites for hydroxylation is 1. The number of fused-ring (bicyclic) bond motifs is 1. The number of aromatic nitrogens is 5. The molecular formula is C17H18F3N5O4S. The second kappa shape index (κ2) is 7.54. The van der Waals surface area contributed by atoms with Gasteiger partial charge in [0.15, 0.2) is 0 Å². The van der Waals surface area contributed by atoms with E-state index in [1.165, 1.54) is 10.9 Å². The molecule has 30 heavy (non-hydrogen) atoms. The van der Waals surface area contributed by atoms with Gasteiger partial charge in [0.2, 0.25) is 0 Å². The lowest BCUT2D eigenvalue weighted by atomic mass is 10.2. The Balaban J connectivity index is 1.92. The summed E-state index contributed by atoms with van der Waals surface area (Å²) in [5.74, 6) is 0. The molecule has 3 aromatic heterocycles. The summed E-state index contributed by atoms with van der Waals surface area (Å²) in [6, 6.07) is 0. The van der Waals surface area contributed by atoms with E-state index in [4.69, 9.17) is 4.74 Å². The predicted octanol–water partition coefficient (Wildman–Crippen LogP) is 1.21. The van der Waals surface area contributed by atoms with Crippen LogP contribution >= 0.6 is 11.3 Å². The second-order valence-electron chi connectivity index (χ2n) is 7.12. The highest BCUT2D eigenvalue weighted by molar-refractivity contribution is 7.18. The van der Waals surface area contributed by atoms with Crippen molar-refractivity contribution >= 4 is 21.6 Å². The molecule has 1 N–H and O–H groups in total. The fraction of sp³-hybridized carbons (Fsp3) is 0.529. The summed E-state index contributed by atoms with van der Waals surface area (Å²) < 4.78 is 47.3. The van der Waals surface area contributed by atoms with Crippen LogP contribution in [-0.4, -0.2) is 42.8 Å². The van der Waals surface area contributed by atoms with E-state index < -0.39 is 29.7 Å². The third-order valence-corrected chi connectivity index (χ3v) is 6.35. The first-order valence-corrected chi connectivity index (χ1v) is 10.0. The molecule has 0 spiro atoms. The van der Waals surface area contributed by atoms with E-state index >= 15 is 0 Å². The lowest BCUT2D eigenvalue weighted by Crippen LogP contribution is -2.44. The summed E-state index contributed by atoms with van der Waals surface area (Å²) in [6.07, 6.45) is -2.36. The summed E-state index contributed by atoms with van der Waals surface area (Å²) >= 11 is 1.10. The fourth-order valence-electron chi connectivity index (χ4n) is 3.59. The minimum absolute atomic E-state index is 0.0281. The highest BCUT2D eigenvalue weighted by Gasteiger charge is 2.32. The Kier molecular flexibility index (Phi) is 5.18. The van der Waals surface area contributed by atoms with Crippen molar-refractivity contribution in [1.82, 2.24) is 23.9 Å². The molecule has 0 amide bonds. The summed E-state index contributed by atoms with van der Waals surface area (Å²) in [7, 11) is 0. The minimum Gasteiger partial charge on any atom is -0.376 e. The first-order chi connectivity index (χ1) is 14.2. The van der Waals surface area contributed by atoms with Crippen molar-refractivity contribution in [2.45, 2.75) is 51.7 Å². The summed E-state index contributed by atoms with van der Waals surface area (Å²) in [6.45, 7) is 0.513. The molecule has 0 aliphatic carbocycles. The van der Waals surface area contributed by atoms with Gasteiger partial charge in [-0.15, -0.1) is 11.3 Å². The largest absolute Gasteiger partial charge is 0.406 e. The van der Waals surface area contributed by atoms with Crippen LogP contribution < -0.4 is 16.9 Å². The zero-order valence-corrected chi connectivity index (χ0v) is 16.7. The molecule has 1 aliphatic heterocycles. The van der Waals surface area contributed by atoms with Crippen LogP contribution in [0.2, 0.25) is 0 Å². The lowest BCUT2D eigenvalue weighted by Gasteiger charge is -2.16. The number of hydrogen-bond acceptors (Lipinski definition) is 6. The molecule has 1 atom stereocenters. The van der Waals surface area contributed by atoms with Crippen molar-refractivity contribution < 1.29 is 17.9 Å². The van der Waals surface area contributed by atoms with Crippen LogP contribution in [0.4, 0.5) is 13.2 Å². The maximum atomic E-state index is 13.1. The maximum Gasteiger partial charge on any atom is 0.406 e. The van der Waals surface area contributed by atoms with Crippen molar-refractivity contribution in [3.8, 4) is 0 Å². The van der Waals surface area contributed by atoms with E-state index in [0.29, 0.717) is 23.5 Å². The first-order valence-electron chi connectivity index (χ1n) is 9.20. The van der Waals surface area contributed by atoms with Crippen LogP contribution in [0, 0.1) is 6.92 Å². The van der Waals surface area contributed by atoms with Crippen LogP contribution in [0.25, 0.3) is 10.2 Å². The second-order valence-corrected chi connectivity index (χ2v) is 8.20. The van der Waals surface area contributed by atoms with Gasteiger partial charge in [-0.3, -0.25) is 18.9 Å². The molecular weight excluding hydrogens is 427 g/mol. The first kappa shape index (κ1) is 20.6. The molecule has 0 saturated carbocycles. The van der Waals surface area contributed by atoms with Crippen LogP contribution in [0.5, 0.6) is 0 Å². The van der Waals surface area contributed by atoms with Gasteiger partial charge >= 0.3 is 17.6 Å². The lowest BCUT2D eigenvalue weighted by molar-refractivity contribution is -0.141. The number of ether oxygens (including phenoxy) is 1. The molecule has 4 heterocycles. The quantitative estimate of drug-likeness (QED) is 0.636. The number of hydrogen-bond donors (Lipinski definition) is 1. The standard InChI is InChI=1S/C17H18F3N5O4S/c1-9-11(6-25-15(27)21-8-22-25)30-14-12(9)13(26)24(7-17(18,19)20)16(28)23(14)5-10-3-2-4-29-10/h8,10H,2-7H2,1H3,(H,21,22,27). The van der Waals surface area contributed by atoms with E-state index in [2.05, 4.69) is 10.1 Å². The SMILES string of the molecule is Cc1c(Cn2nc[nH]c2=O)sc2c1c(=O)n(CC(F)(F)F)c(=O)n2CC1CCCO1. The maximum absolute atomic E-state index is 13.1. The van der Waals surface area contributed by atoms with Crippen molar-refractivity contribution in [2.24, 2.45) is 0 Å².